The highest BCUT2D eigenvalue weighted by Gasteiger charge is 2.03. The molecule has 0 saturated carbocycles. The minimum atomic E-state index is -0.318. The Morgan fingerprint density at radius 2 is 2.25 bits per heavy atom. The molecule has 1 aromatic carbocycles. The first-order valence-corrected chi connectivity index (χ1v) is 4.82. The van der Waals surface area contributed by atoms with Gasteiger partial charge in [0.05, 0.1) is 5.69 Å². The van der Waals surface area contributed by atoms with Gasteiger partial charge in [-0.3, -0.25) is 4.68 Å². The van der Waals surface area contributed by atoms with E-state index < -0.39 is 0 Å². The molecule has 2 N–H and O–H groups in total. The lowest BCUT2D eigenvalue weighted by atomic mass is 10.3. The van der Waals surface area contributed by atoms with E-state index in [1.54, 1.807) is 29.9 Å². The van der Waals surface area contributed by atoms with Crippen LogP contribution in [0.4, 0.5) is 10.2 Å². The number of aryl methyl sites for hydroxylation is 1. The number of halogens is 1. The molecule has 0 amide bonds. The zero-order chi connectivity index (χ0) is 11.5. The van der Waals surface area contributed by atoms with E-state index in [0.717, 1.165) is 5.69 Å². The largest absolute Gasteiger partial charge is 0.487 e. The van der Waals surface area contributed by atoms with Gasteiger partial charge in [0, 0.05) is 19.2 Å². The molecule has 5 heteroatoms. The second-order valence-electron chi connectivity index (χ2n) is 3.43. The second kappa shape index (κ2) is 4.22. The zero-order valence-electron chi connectivity index (χ0n) is 8.85. The Balaban J connectivity index is 2.05. The summed E-state index contributed by atoms with van der Waals surface area (Å²) in [6.45, 7) is 0.310. The van der Waals surface area contributed by atoms with Gasteiger partial charge >= 0.3 is 0 Å². The summed E-state index contributed by atoms with van der Waals surface area (Å²) in [6, 6.07) is 7.72. The van der Waals surface area contributed by atoms with Crippen LogP contribution >= 0.6 is 0 Å². The van der Waals surface area contributed by atoms with Crippen molar-refractivity contribution in [3.8, 4) is 5.75 Å². The molecule has 0 radical (unpaired) electrons. The van der Waals surface area contributed by atoms with Crippen LogP contribution in [0.1, 0.15) is 5.69 Å². The van der Waals surface area contributed by atoms with E-state index in [-0.39, 0.29) is 5.82 Å². The first-order valence-electron chi connectivity index (χ1n) is 4.82. The highest BCUT2D eigenvalue weighted by atomic mass is 19.1. The van der Waals surface area contributed by atoms with E-state index in [2.05, 4.69) is 5.10 Å². The molecule has 2 aromatic rings. The first kappa shape index (κ1) is 10.5. The van der Waals surface area contributed by atoms with Crippen molar-refractivity contribution in [1.29, 1.82) is 0 Å². The number of hydrogen-bond donors (Lipinski definition) is 1. The zero-order valence-corrected chi connectivity index (χ0v) is 8.85. The summed E-state index contributed by atoms with van der Waals surface area (Å²) in [5.41, 5.74) is 6.36. The number of aromatic nitrogens is 2. The maximum absolute atomic E-state index is 12.9. The van der Waals surface area contributed by atoms with Crippen molar-refractivity contribution >= 4 is 5.82 Å². The second-order valence-corrected chi connectivity index (χ2v) is 3.43. The van der Waals surface area contributed by atoms with Gasteiger partial charge in [0.15, 0.2) is 0 Å². The summed E-state index contributed by atoms with van der Waals surface area (Å²) < 4.78 is 19.9. The molecule has 0 saturated heterocycles. The van der Waals surface area contributed by atoms with Crippen LogP contribution in [0.3, 0.4) is 0 Å². The lowest BCUT2D eigenvalue weighted by Gasteiger charge is -2.05. The summed E-state index contributed by atoms with van der Waals surface area (Å²) in [5.74, 6) is 0.613. The SMILES string of the molecule is Cn1nc(N)cc1COc1cccc(F)c1. The average Bonchev–Trinajstić information content (AvgIpc) is 2.54. The van der Waals surface area contributed by atoms with Crippen LogP contribution in [0.2, 0.25) is 0 Å². The van der Waals surface area contributed by atoms with Gasteiger partial charge in [-0.05, 0) is 12.1 Å². The lowest BCUT2D eigenvalue weighted by Crippen LogP contribution is -2.03. The van der Waals surface area contributed by atoms with Crippen molar-refractivity contribution < 1.29 is 9.13 Å². The van der Waals surface area contributed by atoms with E-state index in [1.807, 2.05) is 0 Å². The third kappa shape index (κ3) is 2.31. The molecule has 0 aliphatic carbocycles. The fourth-order valence-corrected chi connectivity index (χ4v) is 1.38. The van der Waals surface area contributed by atoms with Crippen LogP contribution in [-0.4, -0.2) is 9.78 Å². The van der Waals surface area contributed by atoms with Gasteiger partial charge in [-0.15, -0.1) is 0 Å². The average molecular weight is 221 g/mol. The summed E-state index contributed by atoms with van der Waals surface area (Å²) in [5, 5.41) is 3.98. The van der Waals surface area contributed by atoms with Crippen molar-refractivity contribution in [3.63, 3.8) is 0 Å². The summed E-state index contributed by atoms with van der Waals surface area (Å²) in [4.78, 5) is 0. The number of benzene rings is 1. The topological polar surface area (TPSA) is 53.1 Å². The molecular formula is C11H12FN3O. The summed E-state index contributed by atoms with van der Waals surface area (Å²) in [6.07, 6.45) is 0. The van der Waals surface area contributed by atoms with Crippen molar-refractivity contribution in [3.05, 3.63) is 41.8 Å². The molecule has 0 unspecified atom stereocenters. The monoisotopic (exact) mass is 221 g/mol. The van der Waals surface area contributed by atoms with Crippen molar-refractivity contribution in [1.82, 2.24) is 9.78 Å². The van der Waals surface area contributed by atoms with E-state index in [0.29, 0.717) is 18.2 Å². The third-order valence-electron chi connectivity index (χ3n) is 2.18. The maximum atomic E-state index is 12.9. The van der Waals surface area contributed by atoms with E-state index in [1.165, 1.54) is 12.1 Å². The van der Waals surface area contributed by atoms with Gasteiger partial charge in [0.1, 0.15) is 24.0 Å². The van der Waals surface area contributed by atoms with Gasteiger partial charge in [0.25, 0.3) is 0 Å². The number of nitrogens with zero attached hydrogens (tertiary/aromatic N) is 2. The van der Waals surface area contributed by atoms with Gasteiger partial charge in [-0.2, -0.15) is 5.10 Å². The fourth-order valence-electron chi connectivity index (χ4n) is 1.38. The van der Waals surface area contributed by atoms with Crippen LogP contribution < -0.4 is 10.5 Å². The highest BCUT2D eigenvalue weighted by Crippen LogP contribution is 2.14. The van der Waals surface area contributed by atoms with Gasteiger partial charge in [-0.1, -0.05) is 6.07 Å². The Morgan fingerprint density at radius 3 is 2.88 bits per heavy atom. The smallest absolute Gasteiger partial charge is 0.145 e. The van der Waals surface area contributed by atoms with E-state index >= 15 is 0 Å². The number of ether oxygens (including phenoxy) is 1. The van der Waals surface area contributed by atoms with Crippen LogP contribution in [0.15, 0.2) is 30.3 Å². The Kier molecular flexibility index (Phi) is 2.76. The van der Waals surface area contributed by atoms with Gasteiger partial charge in [0.2, 0.25) is 0 Å². The van der Waals surface area contributed by atoms with Crippen LogP contribution in [-0.2, 0) is 13.7 Å². The lowest BCUT2D eigenvalue weighted by molar-refractivity contribution is 0.293. The summed E-state index contributed by atoms with van der Waals surface area (Å²) in [7, 11) is 1.78. The minimum absolute atomic E-state index is 0.310. The minimum Gasteiger partial charge on any atom is -0.487 e. The normalized spacial score (nSPS) is 10.4. The standard InChI is InChI=1S/C11H12FN3O/c1-15-9(6-11(13)14-15)7-16-10-4-2-3-8(12)5-10/h2-6H,7H2,1H3,(H2,13,14). The first-order chi connectivity index (χ1) is 7.65. The Labute approximate surface area is 92.4 Å². The van der Waals surface area contributed by atoms with Crippen LogP contribution in [0, 0.1) is 5.82 Å². The summed E-state index contributed by atoms with van der Waals surface area (Å²) >= 11 is 0. The number of nitrogens with two attached hydrogens (primary N) is 1. The maximum Gasteiger partial charge on any atom is 0.145 e. The third-order valence-corrected chi connectivity index (χ3v) is 2.18. The van der Waals surface area contributed by atoms with E-state index in [4.69, 9.17) is 10.5 Å². The van der Waals surface area contributed by atoms with Crippen molar-refractivity contribution in [2.75, 3.05) is 5.73 Å². The van der Waals surface area contributed by atoms with Crippen LogP contribution in [0.5, 0.6) is 5.75 Å². The van der Waals surface area contributed by atoms with Crippen LogP contribution in [0.25, 0.3) is 0 Å². The molecule has 0 fully saturated rings. The Bertz CT molecular complexity index is 496. The molecule has 1 heterocycles. The molecule has 84 valence electrons. The predicted molar refractivity (Wildman–Crippen MR) is 58.4 cm³/mol. The quantitative estimate of drug-likeness (QED) is 0.858. The molecule has 0 bridgehead atoms. The van der Waals surface area contributed by atoms with Crippen molar-refractivity contribution in [2.45, 2.75) is 6.61 Å². The Morgan fingerprint density at radius 1 is 1.44 bits per heavy atom. The highest BCUT2D eigenvalue weighted by molar-refractivity contribution is 5.29. The van der Waals surface area contributed by atoms with Crippen molar-refractivity contribution in [2.24, 2.45) is 7.05 Å². The van der Waals surface area contributed by atoms with Gasteiger partial charge in [-0.25, -0.2) is 4.39 Å². The Hall–Kier alpha value is -2.04. The molecule has 16 heavy (non-hydrogen) atoms. The molecule has 4 nitrogen and oxygen atoms in total. The van der Waals surface area contributed by atoms with Gasteiger partial charge < -0.3 is 10.5 Å². The number of nitrogen functional groups attached to an aromatic ring is 1. The number of anilines is 1. The molecule has 1 aromatic heterocycles. The number of rotatable bonds is 3. The number of hydrogen-bond acceptors (Lipinski definition) is 3. The molecule has 0 spiro atoms. The predicted octanol–water partition coefficient (Wildman–Crippen LogP) is 1.72. The van der Waals surface area contributed by atoms with E-state index in [9.17, 15) is 4.39 Å². The molecule has 0 aliphatic rings. The molecule has 2 rings (SSSR count). The molecule has 0 atom stereocenters. The molecular weight excluding hydrogens is 209 g/mol. The fraction of sp³-hybridized carbons (Fsp3) is 0.182. The molecule has 0 aliphatic heterocycles.